The van der Waals surface area contributed by atoms with Gasteiger partial charge in [0, 0.05) is 0 Å². The summed E-state index contributed by atoms with van der Waals surface area (Å²) in [5.74, 6) is 0. The fourth-order valence-electron chi connectivity index (χ4n) is 9.70. The predicted molar refractivity (Wildman–Crippen MR) is 186 cm³/mol. The van der Waals surface area contributed by atoms with Gasteiger partial charge in [0.2, 0.25) is 0 Å². The second kappa shape index (κ2) is 12.3. The van der Waals surface area contributed by atoms with E-state index >= 15 is 0 Å². The van der Waals surface area contributed by atoms with E-state index in [4.69, 9.17) is 0 Å². The molecule has 43 heavy (non-hydrogen) atoms. The van der Waals surface area contributed by atoms with E-state index in [0.29, 0.717) is 0 Å². The van der Waals surface area contributed by atoms with Crippen LogP contribution in [0.15, 0.2) is 108 Å². The molecule has 2 fully saturated rings. The zero-order valence-electron chi connectivity index (χ0n) is 25.3. The van der Waals surface area contributed by atoms with Crippen molar-refractivity contribution in [2.45, 2.75) is 67.1 Å². The van der Waals surface area contributed by atoms with Crippen molar-refractivity contribution in [1.82, 2.24) is 0 Å². The number of rotatable bonds is 6. The summed E-state index contributed by atoms with van der Waals surface area (Å²) in [5.41, 5.74) is 15.6. The molecule has 4 unspecified atom stereocenters. The molecule has 0 spiro atoms. The summed E-state index contributed by atoms with van der Waals surface area (Å²) in [6, 6.07) is 36.9. The first-order valence-corrected chi connectivity index (χ1v) is 24.3. The summed E-state index contributed by atoms with van der Waals surface area (Å²) in [4.78, 5) is 0. The van der Waals surface area contributed by atoms with E-state index in [1.165, 1.54) is 60.8 Å². The maximum Gasteiger partial charge on any atom is -0.147 e. The Kier molecular flexibility index (Phi) is 8.82. The van der Waals surface area contributed by atoms with Crippen molar-refractivity contribution < 1.29 is 20.0 Å². The Morgan fingerprint density at radius 3 is 1.35 bits per heavy atom. The quantitative estimate of drug-likeness (QED) is 0.171. The van der Waals surface area contributed by atoms with Gasteiger partial charge >= 0.3 is 252 Å². The van der Waals surface area contributed by atoms with Gasteiger partial charge in [-0.1, -0.05) is 0 Å². The van der Waals surface area contributed by atoms with Crippen molar-refractivity contribution in [3.8, 4) is 22.3 Å². The SMILES string of the molecule is CCC1=Cc2c(-c3ccccc3)cccc2[CH]1[Hf]1([CH]2C(CC)=Cc3c(-c4ccccc4)cccc32)[CH]2CCCC[CH]21.Cl.Cl. The molecule has 1 aliphatic heterocycles. The molecule has 3 aliphatic carbocycles. The predicted octanol–water partition coefficient (Wildman–Crippen LogP) is 12.6. The van der Waals surface area contributed by atoms with Gasteiger partial charge in [0.1, 0.15) is 0 Å². The van der Waals surface area contributed by atoms with Crippen LogP contribution < -0.4 is 0 Å². The van der Waals surface area contributed by atoms with E-state index in [0.717, 1.165) is 14.7 Å². The van der Waals surface area contributed by atoms with Gasteiger partial charge in [0.15, 0.2) is 0 Å². The molecule has 8 rings (SSSR count). The minimum Gasteiger partial charge on any atom is -0.147 e. The van der Waals surface area contributed by atoms with Crippen LogP contribution in [0.4, 0.5) is 0 Å². The molecule has 0 radical (unpaired) electrons. The number of hydrogen-bond acceptors (Lipinski definition) is 0. The van der Waals surface area contributed by atoms with Gasteiger partial charge in [-0.3, -0.25) is 0 Å². The van der Waals surface area contributed by atoms with E-state index in [1.807, 2.05) is 0 Å². The normalized spacial score (nSPS) is 26.2. The molecule has 1 saturated heterocycles. The van der Waals surface area contributed by atoms with Crippen LogP contribution >= 0.6 is 24.8 Å². The van der Waals surface area contributed by atoms with Crippen LogP contribution in [-0.2, 0) is 20.0 Å². The largest absolute Gasteiger partial charge is 0.147 e. The Bertz CT molecular complexity index is 1560. The second-order valence-corrected chi connectivity index (χ2v) is 29.5. The van der Waals surface area contributed by atoms with Gasteiger partial charge in [0.05, 0.1) is 0 Å². The van der Waals surface area contributed by atoms with Crippen molar-refractivity contribution in [1.29, 1.82) is 0 Å². The van der Waals surface area contributed by atoms with E-state index < -0.39 is 20.0 Å². The Morgan fingerprint density at radius 2 is 0.953 bits per heavy atom. The second-order valence-electron chi connectivity index (χ2n) is 12.9. The molecule has 4 aromatic carbocycles. The number of halogens is 2. The van der Waals surface area contributed by atoms with Gasteiger partial charge in [-0.25, -0.2) is 0 Å². The summed E-state index contributed by atoms with van der Waals surface area (Å²) in [6.45, 7) is 4.88. The van der Waals surface area contributed by atoms with Crippen molar-refractivity contribution in [3.63, 3.8) is 0 Å². The molecule has 0 nitrogen and oxygen atoms in total. The summed E-state index contributed by atoms with van der Waals surface area (Å²) in [6.07, 6.45) is 13.6. The number of fused-ring (bicyclic) bond motifs is 3. The maximum absolute atomic E-state index is 3.11. The standard InChI is InChI=1S/2C17H15.C6H10.2ClH.Hf/c2*1-2-13-11-15-9-6-10-16(17(15)12-13)14-7-4-3-5-8-14;1-2-4-6-5-3-1;;;/h2*3-12H,2H2,1H3;1-2H,3-6H2;2*1H;. The van der Waals surface area contributed by atoms with E-state index in [9.17, 15) is 0 Å². The van der Waals surface area contributed by atoms with Gasteiger partial charge in [-0.15, -0.1) is 24.8 Å². The van der Waals surface area contributed by atoms with Crippen molar-refractivity contribution >= 4 is 37.0 Å². The molecule has 0 amide bonds. The summed E-state index contributed by atoms with van der Waals surface area (Å²) < 4.78 is 3.53. The maximum atomic E-state index is 2.67. The van der Waals surface area contributed by atoms with Crippen LogP contribution in [0.5, 0.6) is 0 Å². The summed E-state index contributed by atoms with van der Waals surface area (Å²) >= 11 is -3.11. The van der Waals surface area contributed by atoms with Crippen LogP contribution in [0.1, 0.15) is 82.0 Å². The molecular formula is C40H42Cl2Hf. The Morgan fingerprint density at radius 1 is 0.535 bits per heavy atom. The molecule has 0 N–H and O–H groups in total. The zero-order chi connectivity index (χ0) is 27.6. The number of hydrogen-bond donors (Lipinski definition) is 0. The topological polar surface area (TPSA) is 0 Å². The monoisotopic (exact) mass is 772 g/mol. The molecule has 1 heterocycles. The molecule has 220 valence electrons. The van der Waals surface area contributed by atoms with Crippen LogP contribution in [0.2, 0.25) is 7.35 Å². The van der Waals surface area contributed by atoms with Crippen LogP contribution in [-0.4, -0.2) is 0 Å². The third kappa shape index (κ3) is 4.64. The van der Waals surface area contributed by atoms with Crippen LogP contribution in [0.3, 0.4) is 0 Å². The molecule has 0 aromatic heterocycles. The van der Waals surface area contributed by atoms with Gasteiger partial charge in [0.25, 0.3) is 0 Å². The van der Waals surface area contributed by atoms with E-state index in [-0.39, 0.29) is 24.8 Å². The first-order chi connectivity index (χ1) is 20.3. The molecule has 1 saturated carbocycles. The minimum absolute atomic E-state index is 0. The van der Waals surface area contributed by atoms with Gasteiger partial charge in [-0.05, 0) is 0 Å². The van der Waals surface area contributed by atoms with Crippen LogP contribution in [0.25, 0.3) is 34.4 Å². The number of benzene rings is 4. The van der Waals surface area contributed by atoms with Gasteiger partial charge in [-0.2, -0.15) is 0 Å². The molecule has 4 aliphatic rings. The molecule has 4 atom stereocenters. The average molecular weight is 772 g/mol. The smallest absolute Gasteiger partial charge is 0.147 e. The minimum atomic E-state index is -3.11. The Hall–Kier alpha value is -2.19. The Balaban J connectivity index is 0.00000165. The molecule has 0 bridgehead atoms. The first-order valence-electron chi connectivity index (χ1n) is 16.0. The third-order valence-corrected chi connectivity index (χ3v) is 36.1. The third-order valence-electron chi connectivity index (χ3n) is 11.2. The zero-order valence-corrected chi connectivity index (χ0v) is 30.5. The fraction of sp³-hybridized carbons (Fsp3) is 0.300. The van der Waals surface area contributed by atoms with E-state index in [2.05, 4.69) is 123 Å². The first kappa shape index (κ1) is 30.8. The van der Waals surface area contributed by atoms with Crippen molar-refractivity contribution in [2.75, 3.05) is 0 Å². The molecule has 4 aromatic rings. The summed E-state index contributed by atoms with van der Waals surface area (Å²) in [7, 11) is 0. The van der Waals surface area contributed by atoms with Crippen molar-refractivity contribution in [3.05, 3.63) is 130 Å². The summed E-state index contributed by atoms with van der Waals surface area (Å²) in [5, 5.41) is 0. The fourth-order valence-corrected chi connectivity index (χ4v) is 45.6. The number of allylic oxidation sites excluding steroid dienone is 2. The average Bonchev–Trinajstić information content (AvgIpc) is 3.32. The van der Waals surface area contributed by atoms with E-state index in [1.54, 1.807) is 33.4 Å². The van der Waals surface area contributed by atoms with Crippen LogP contribution in [0, 0.1) is 0 Å². The van der Waals surface area contributed by atoms with Gasteiger partial charge < -0.3 is 0 Å². The molecule has 3 heteroatoms. The molecular weight excluding hydrogens is 730 g/mol. The van der Waals surface area contributed by atoms with Crippen molar-refractivity contribution in [2.24, 2.45) is 0 Å². The Labute approximate surface area is 274 Å².